The van der Waals surface area contributed by atoms with Crippen LogP contribution in [0.1, 0.15) is 12.5 Å². The summed E-state index contributed by atoms with van der Waals surface area (Å²) in [5.41, 5.74) is -0.786. The predicted molar refractivity (Wildman–Crippen MR) is 74.6 cm³/mol. The van der Waals surface area contributed by atoms with Gasteiger partial charge in [0.05, 0.1) is 17.1 Å². The maximum absolute atomic E-state index is 13.1. The van der Waals surface area contributed by atoms with E-state index in [1.165, 1.54) is 6.92 Å². The zero-order valence-corrected chi connectivity index (χ0v) is 13.1. The van der Waals surface area contributed by atoms with Crippen molar-refractivity contribution in [2.45, 2.75) is 24.1 Å². The normalized spacial score (nSPS) is 17.8. The molecule has 5 nitrogen and oxygen atoms in total. The molecule has 1 unspecified atom stereocenters. The van der Waals surface area contributed by atoms with Crippen molar-refractivity contribution in [1.82, 2.24) is 0 Å². The van der Waals surface area contributed by atoms with E-state index in [0.717, 1.165) is 24.3 Å². The summed E-state index contributed by atoms with van der Waals surface area (Å²) in [7, 11) is 1.11. The number of carbonyl (C=O) groups is 1. The summed E-state index contributed by atoms with van der Waals surface area (Å²) in [5, 5.41) is 0. The lowest BCUT2D eigenvalue weighted by Gasteiger charge is -2.27. The molecule has 10 heteroatoms. The van der Waals surface area contributed by atoms with Gasteiger partial charge in [-0.25, -0.2) is 13.2 Å². The number of ether oxygens (including phenoxy) is 2. The van der Waals surface area contributed by atoms with Gasteiger partial charge in [-0.2, -0.15) is 13.2 Å². The van der Waals surface area contributed by atoms with Crippen LogP contribution in [-0.2, 0) is 18.6 Å². The molecule has 0 saturated heterocycles. The lowest BCUT2D eigenvalue weighted by molar-refractivity contribution is -0.187. The van der Waals surface area contributed by atoms with Crippen LogP contribution in [0.2, 0.25) is 0 Å². The zero-order valence-electron chi connectivity index (χ0n) is 11.6. The zero-order chi connectivity index (χ0) is 17.4. The Labute approximate surface area is 134 Å². The lowest BCUT2D eigenvalue weighted by Crippen LogP contribution is -2.40. The highest BCUT2D eigenvalue weighted by atomic mass is 35.7. The second-order valence-corrected chi connectivity index (χ2v) is 7.06. The molecule has 2 rings (SSSR count). The fourth-order valence-corrected chi connectivity index (χ4v) is 2.74. The molecule has 1 aromatic rings. The van der Waals surface area contributed by atoms with E-state index in [-0.39, 0.29) is 22.8 Å². The number of hydrogen-bond acceptors (Lipinski definition) is 5. The van der Waals surface area contributed by atoms with Crippen molar-refractivity contribution < 1.29 is 35.9 Å². The summed E-state index contributed by atoms with van der Waals surface area (Å²) in [6, 6.07) is 3.07. The molecular weight excluding hydrogens is 361 g/mol. The summed E-state index contributed by atoms with van der Waals surface area (Å²) in [5.74, 6) is -1.41. The molecule has 1 aromatic carbocycles. The highest BCUT2D eigenvalue weighted by Crippen LogP contribution is 2.38. The fraction of sp³-hybridized carbons (Fsp3) is 0.308. The molecule has 1 atom stereocenters. The van der Waals surface area contributed by atoms with Crippen LogP contribution in [0, 0.1) is 0 Å². The molecule has 1 aliphatic heterocycles. The van der Waals surface area contributed by atoms with Gasteiger partial charge >= 0.3 is 12.1 Å². The Hall–Kier alpha value is -1.74. The third kappa shape index (κ3) is 3.78. The Morgan fingerprint density at radius 1 is 1.39 bits per heavy atom. The van der Waals surface area contributed by atoms with Gasteiger partial charge < -0.3 is 9.47 Å². The summed E-state index contributed by atoms with van der Waals surface area (Å²) in [4.78, 5) is 11.4. The quantitative estimate of drug-likeness (QED) is 0.604. The first-order valence-electron chi connectivity index (χ1n) is 6.25. The summed E-state index contributed by atoms with van der Waals surface area (Å²) >= 11 is 0. The molecule has 0 fully saturated rings. The minimum absolute atomic E-state index is 0.0183. The van der Waals surface area contributed by atoms with Crippen LogP contribution >= 0.6 is 10.7 Å². The minimum atomic E-state index is -4.84. The van der Waals surface area contributed by atoms with Crippen LogP contribution in [0.3, 0.4) is 0 Å². The highest BCUT2D eigenvalue weighted by Gasteiger charge is 2.48. The maximum Gasteiger partial charge on any atom is 0.430 e. The number of rotatable bonds is 3. The Balaban J connectivity index is 2.56. The van der Waals surface area contributed by atoms with Crippen LogP contribution in [0.4, 0.5) is 13.2 Å². The molecule has 0 spiro atoms. The molecule has 0 saturated carbocycles. The summed E-state index contributed by atoms with van der Waals surface area (Å²) in [6.07, 6.45) is -6.44. The van der Waals surface area contributed by atoms with E-state index in [1.807, 2.05) is 0 Å². The van der Waals surface area contributed by atoms with Gasteiger partial charge in [0, 0.05) is 16.2 Å². The van der Waals surface area contributed by atoms with E-state index in [2.05, 4.69) is 4.74 Å². The van der Waals surface area contributed by atoms with Gasteiger partial charge in [0.15, 0.2) is 0 Å². The van der Waals surface area contributed by atoms with Gasteiger partial charge in [-0.05, 0) is 31.2 Å². The van der Waals surface area contributed by atoms with E-state index in [9.17, 15) is 26.4 Å². The summed E-state index contributed by atoms with van der Waals surface area (Å²) < 4.78 is 71.2. The van der Waals surface area contributed by atoms with Crippen molar-refractivity contribution in [2.75, 3.05) is 6.61 Å². The molecule has 0 amide bonds. The third-order valence-corrected chi connectivity index (χ3v) is 4.26. The number of esters is 1. The van der Waals surface area contributed by atoms with E-state index < -0.39 is 32.9 Å². The number of carbonyl (C=O) groups excluding carboxylic acids is 1. The van der Waals surface area contributed by atoms with Crippen molar-refractivity contribution >= 4 is 31.8 Å². The minimum Gasteiger partial charge on any atom is -0.475 e. The molecule has 126 valence electrons. The number of alkyl halides is 3. The highest BCUT2D eigenvalue weighted by molar-refractivity contribution is 8.13. The smallest absolute Gasteiger partial charge is 0.430 e. The van der Waals surface area contributed by atoms with Crippen LogP contribution < -0.4 is 4.74 Å². The second-order valence-electron chi connectivity index (χ2n) is 4.50. The van der Waals surface area contributed by atoms with Crippen molar-refractivity contribution in [3.05, 3.63) is 29.3 Å². The maximum atomic E-state index is 13.1. The van der Waals surface area contributed by atoms with Gasteiger partial charge in [0.2, 0.25) is 6.10 Å². The standard InChI is InChI=1S/C13H10ClF3O5S/c1-2-21-12(18)9-6-7-5-8(23(14,19)20)3-4-10(7)22-11(9)13(15,16)17/h3-6,11H,2H2,1H3. The number of fused-ring (bicyclic) bond motifs is 1. The van der Waals surface area contributed by atoms with Crippen molar-refractivity contribution in [3.8, 4) is 5.75 Å². The van der Waals surface area contributed by atoms with Crippen molar-refractivity contribution in [3.63, 3.8) is 0 Å². The SMILES string of the molecule is CCOC(=O)C1=Cc2cc(S(=O)(=O)Cl)ccc2OC1C(F)(F)F. The van der Waals surface area contributed by atoms with Crippen LogP contribution in [0.5, 0.6) is 5.75 Å². The topological polar surface area (TPSA) is 69.7 Å². The van der Waals surface area contributed by atoms with Crippen molar-refractivity contribution in [1.29, 1.82) is 0 Å². The number of benzene rings is 1. The Kier molecular flexibility index (Phi) is 4.63. The molecule has 0 N–H and O–H groups in total. The molecule has 0 aliphatic carbocycles. The molecule has 1 aliphatic rings. The van der Waals surface area contributed by atoms with Gasteiger partial charge in [0.25, 0.3) is 9.05 Å². The van der Waals surface area contributed by atoms with Crippen molar-refractivity contribution in [2.24, 2.45) is 0 Å². The predicted octanol–water partition coefficient (Wildman–Crippen LogP) is 2.88. The van der Waals surface area contributed by atoms with Gasteiger partial charge in [-0.1, -0.05) is 0 Å². The summed E-state index contributed by atoms with van der Waals surface area (Å²) in [6.45, 7) is 1.32. The largest absolute Gasteiger partial charge is 0.475 e. The molecule has 0 bridgehead atoms. The lowest BCUT2D eigenvalue weighted by atomic mass is 10.0. The van der Waals surface area contributed by atoms with Gasteiger partial charge in [-0.3, -0.25) is 0 Å². The fourth-order valence-electron chi connectivity index (χ4n) is 1.96. The van der Waals surface area contributed by atoms with Crippen LogP contribution in [0.25, 0.3) is 6.08 Å². The Bertz CT molecular complexity index is 770. The molecule has 23 heavy (non-hydrogen) atoms. The second kappa shape index (κ2) is 6.04. The van der Waals surface area contributed by atoms with E-state index in [1.54, 1.807) is 0 Å². The Morgan fingerprint density at radius 3 is 2.57 bits per heavy atom. The van der Waals surface area contributed by atoms with E-state index in [4.69, 9.17) is 15.4 Å². The molecule has 0 radical (unpaired) electrons. The van der Waals surface area contributed by atoms with Gasteiger partial charge in [-0.15, -0.1) is 0 Å². The monoisotopic (exact) mass is 370 g/mol. The number of hydrogen-bond donors (Lipinski definition) is 0. The van der Waals surface area contributed by atoms with E-state index >= 15 is 0 Å². The first-order chi connectivity index (χ1) is 10.5. The molecule has 1 heterocycles. The average Bonchev–Trinajstić information content (AvgIpc) is 2.43. The third-order valence-electron chi connectivity index (χ3n) is 2.91. The van der Waals surface area contributed by atoms with E-state index in [0.29, 0.717) is 0 Å². The molecular formula is C13H10ClF3O5S. The average molecular weight is 371 g/mol. The van der Waals surface area contributed by atoms with Crippen LogP contribution in [-0.4, -0.2) is 33.3 Å². The Morgan fingerprint density at radius 2 is 2.04 bits per heavy atom. The number of halogens is 4. The first-order valence-corrected chi connectivity index (χ1v) is 8.55. The first kappa shape index (κ1) is 17.6. The molecule has 0 aromatic heterocycles. The van der Waals surface area contributed by atoms with Gasteiger partial charge in [0.1, 0.15) is 5.75 Å². The van der Waals surface area contributed by atoms with Crippen LogP contribution in [0.15, 0.2) is 28.7 Å².